The molecule has 188 valence electrons. The predicted molar refractivity (Wildman–Crippen MR) is 133 cm³/mol. The highest BCUT2D eigenvalue weighted by Crippen LogP contribution is 2.48. The second-order valence-electron chi connectivity index (χ2n) is 10.3. The first-order valence-electron chi connectivity index (χ1n) is 11.8. The second kappa shape index (κ2) is 9.32. The average molecular weight is 500 g/mol. The smallest absolute Gasteiger partial charge is 0.338 e. The van der Waals surface area contributed by atoms with Crippen molar-refractivity contribution >= 4 is 16.0 Å². The SMILES string of the molecule is COc1ccc([C@H]2C[C@@H]3[C@@H](CCN3S(=O)(=O)c3ccc(C)cc3)C(O)=C2C(=O)OC(C)(C)C)cc1. The van der Waals surface area contributed by atoms with Crippen LogP contribution in [-0.4, -0.2) is 49.1 Å². The molecule has 2 aromatic rings. The minimum Gasteiger partial charge on any atom is -0.511 e. The fraction of sp³-hybridized carbons (Fsp3) is 0.444. The molecule has 0 unspecified atom stereocenters. The Bertz CT molecular complexity index is 1230. The van der Waals surface area contributed by atoms with Crippen molar-refractivity contribution < 1.29 is 27.8 Å². The van der Waals surface area contributed by atoms with Crippen molar-refractivity contribution in [3.8, 4) is 5.75 Å². The standard InChI is InChI=1S/C27H33NO6S/c1-17-6-12-20(13-7-17)35(31,32)28-15-14-21-23(28)16-22(18-8-10-19(33-5)11-9-18)24(25(21)29)26(30)34-27(2,3)4/h6-13,21-23,29H,14-16H2,1-5H3/t21-,22-,23-/m1/s1. The van der Waals surface area contributed by atoms with E-state index >= 15 is 0 Å². The molecule has 0 amide bonds. The Kier molecular flexibility index (Phi) is 6.72. The zero-order valence-corrected chi connectivity index (χ0v) is 21.6. The maximum Gasteiger partial charge on any atom is 0.338 e. The van der Waals surface area contributed by atoms with E-state index in [9.17, 15) is 18.3 Å². The lowest BCUT2D eigenvalue weighted by atomic mass is 9.75. The topological polar surface area (TPSA) is 93.1 Å². The molecular formula is C27H33NO6S. The van der Waals surface area contributed by atoms with Gasteiger partial charge in [0.05, 0.1) is 17.6 Å². The summed E-state index contributed by atoms with van der Waals surface area (Å²) in [7, 11) is -2.19. The van der Waals surface area contributed by atoms with E-state index in [0.717, 1.165) is 11.1 Å². The number of aliphatic hydroxyl groups is 1. The fourth-order valence-electron chi connectivity index (χ4n) is 5.03. The minimum absolute atomic E-state index is 0.0714. The number of methoxy groups -OCH3 is 1. The van der Waals surface area contributed by atoms with Gasteiger partial charge in [0.15, 0.2) is 0 Å². The van der Waals surface area contributed by atoms with E-state index in [1.807, 2.05) is 19.1 Å². The van der Waals surface area contributed by atoms with Gasteiger partial charge in [-0.05, 0) is 70.4 Å². The molecule has 4 rings (SSSR count). The minimum atomic E-state index is -3.77. The van der Waals surface area contributed by atoms with E-state index in [2.05, 4.69) is 0 Å². The van der Waals surface area contributed by atoms with Gasteiger partial charge in [0.2, 0.25) is 10.0 Å². The molecule has 1 aliphatic carbocycles. The summed E-state index contributed by atoms with van der Waals surface area (Å²) >= 11 is 0. The summed E-state index contributed by atoms with van der Waals surface area (Å²) in [6, 6.07) is 13.6. The molecule has 1 heterocycles. The number of carbonyl (C=O) groups is 1. The van der Waals surface area contributed by atoms with Crippen molar-refractivity contribution in [2.24, 2.45) is 5.92 Å². The van der Waals surface area contributed by atoms with E-state index in [-0.39, 0.29) is 22.8 Å². The van der Waals surface area contributed by atoms with Crippen molar-refractivity contribution in [1.29, 1.82) is 0 Å². The van der Waals surface area contributed by atoms with Crippen molar-refractivity contribution in [3.05, 3.63) is 71.0 Å². The van der Waals surface area contributed by atoms with Crippen LogP contribution in [0, 0.1) is 12.8 Å². The third-order valence-corrected chi connectivity index (χ3v) is 8.65. The molecular weight excluding hydrogens is 466 g/mol. The molecule has 0 bridgehead atoms. The highest BCUT2D eigenvalue weighted by atomic mass is 32.2. The Morgan fingerprint density at radius 1 is 1.06 bits per heavy atom. The summed E-state index contributed by atoms with van der Waals surface area (Å²) in [5.74, 6) is -0.969. The van der Waals surface area contributed by atoms with Gasteiger partial charge < -0.3 is 14.6 Å². The maximum atomic E-state index is 13.6. The van der Waals surface area contributed by atoms with Gasteiger partial charge in [-0.15, -0.1) is 0 Å². The number of sulfonamides is 1. The van der Waals surface area contributed by atoms with Crippen molar-refractivity contribution in [3.63, 3.8) is 0 Å². The second-order valence-corrected chi connectivity index (χ2v) is 12.1. The zero-order chi connectivity index (χ0) is 25.5. The first-order valence-corrected chi connectivity index (χ1v) is 13.2. The molecule has 0 aromatic heterocycles. The Balaban J connectivity index is 1.76. The van der Waals surface area contributed by atoms with Crippen LogP contribution in [-0.2, 0) is 19.6 Å². The van der Waals surface area contributed by atoms with E-state index in [1.54, 1.807) is 64.3 Å². The monoisotopic (exact) mass is 499 g/mol. The lowest BCUT2D eigenvalue weighted by molar-refractivity contribution is -0.150. The molecule has 2 aliphatic rings. The molecule has 0 spiro atoms. The molecule has 35 heavy (non-hydrogen) atoms. The first-order chi connectivity index (χ1) is 16.4. The van der Waals surface area contributed by atoms with Crippen LogP contribution in [0.3, 0.4) is 0 Å². The molecule has 7 nitrogen and oxygen atoms in total. The van der Waals surface area contributed by atoms with E-state index in [1.165, 1.54) is 4.31 Å². The number of hydrogen-bond donors (Lipinski definition) is 1. The van der Waals surface area contributed by atoms with E-state index < -0.39 is 39.5 Å². The summed E-state index contributed by atoms with van der Waals surface area (Å²) in [6.07, 6.45) is 0.796. The quantitative estimate of drug-likeness (QED) is 0.598. The molecule has 3 atom stereocenters. The number of rotatable bonds is 5. The normalized spacial score (nSPS) is 23.2. The largest absolute Gasteiger partial charge is 0.511 e. The number of carbonyl (C=O) groups excluding carboxylic acids is 1. The number of aryl methyl sites for hydroxylation is 1. The number of nitrogens with zero attached hydrogens (tertiary/aromatic N) is 1. The summed E-state index contributed by atoms with van der Waals surface area (Å²) in [5.41, 5.74) is 1.24. The van der Waals surface area contributed by atoms with Gasteiger partial charge in [-0.3, -0.25) is 0 Å². The van der Waals surface area contributed by atoms with Crippen LogP contribution in [0.2, 0.25) is 0 Å². The van der Waals surface area contributed by atoms with Crippen LogP contribution in [0.1, 0.15) is 50.7 Å². The molecule has 8 heteroatoms. The molecule has 2 aromatic carbocycles. The third-order valence-electron chi connectivity index (χ3n) is 6.71. The van der Waals surface area contributed by atoms with Gasteiger partial charge in [-0.2, -0.15) is 4.31 Å². The molecule has 1 N–H and O–H groups in total. The summed E-state index contributed by atoms with van der Waals surface area (Å²) in [6.45, 7) is 7.52. The Morgan fingerprint density at radius 3 is 2.26 bits per heavy atom. The molecule has 0 radical (unpaired) electrons. The number of fused-ring (bicyclic) bond motifs is 1. The number of ether oxygens (including phenoxy) is 2. The van der Waals surface area contributed by atoms with Gasteiger partial charge >= 0.3 is 5.97 Å². The zero-order valence-electron chi connectivity index (χ0n) is 20.8. The highest BCUT2D eigenvalue weighted by Gasteiger charge is 2.50. The van der Waals surface area contributed by atoms with Gasteiger partial charge in [-0.25, -0.2) is 13.2 Å². The number of hydrogen-bond acceptors (Lipinski definition) is 6. The van der Waals surface area contributed by atoms with Crippen LogP contribution in [0.5, 0.6) is 5.75 Å². The average Bonchev–Trinajstić information content (AvgIpc) is 3.23. The van der Waals surface area contributed by atoms with Gasteiger partial charge in [0, 0.05) is 24.4 Å². The van der Waals surface area contributed by atoms with Crippen molar-refractivity contribution in [2.75, 3.05) is 13.7 Å². The van der Waals surface area contributed by atoms with Crippen LogP contribution in [0.15, 0.2) is 64.8 Å². The van der Waals surface area contributed by atoms with Crippen LogP contribution in [0.25, 0.3) is 0 Å². The van der Waals surface area contributed by atoms with Crippen LogP contribution in [0.4, 0.5) is 0 Å². The number of benzene rings is 2. The van der Waals surface area contributed by atoms with Crippen molar-refractivity contribution in [2.45, 2.75) is 63.0 Å². The molecule has 1 aliphatic heterocycles. The summed E-state index contributed by atoms with van der Waals surface area (Å²) < 4.78 is 39.5. The Hall–Kier alpha value is -2.84. The number of esters is 1. The molecule has 1 saturated heterocycles. The van der Waals surface area contributed by atoms with E-state index in [4.69, 9.17) is 9.47 Å². The maximum absolute atomic E-state index is 13.6. The molecule has 0 saturated carbocycles. The summed E-state index contributed by atoms with van der Waals surface area (Å²) in [4.78, 5) is 13.5. The van der Waals surface area contributed by atoms with Crippen molar-refractivity contribution in [1.82, 2.24) is 4.31 Å². The third kappa shape index (κ3) is 4.95. The van der Waals surface area contributed by atoms with Crippen LogP contribution >= 0.6 is 0 Å². The Morgan fingerprint density at radius 2 is 1.69 bits per heavy atom. The van der Waals surface area contributed by atoms with Gasteiger partial charge in [-0.1, -0.05) is 29.8 Å². The highest BCUT2D eigenvalue weighted by molar-refractivity contribution is 7.89. The summed E-state index contributed by atoms with van der Waals surface area (Å²) in [5, 5.41) is 11.4. The Labute approximate surface area is 207 Å². The first kappa shape index (κ1) is 25.3. The predicted octanol–water partition coefficient (Wildman–Crippen LogP) is 4.72. The molecule has 1 fully saturated rings. The van der Waals surface area contributed by atoms with E-state index in [0.29, 0.717) is 18.6 Å². The number of aliphatic hydroxyl groups excluding tert-OH is 1. The fourth-order valence-corrected chi connectivity index (χ4v) is 6.71. The lowest BCUT2D eigenvalue weighted by Crippen LogP contribution is -2.43. The van der Waals surface area contributed by atoms with Gasteiger partial charge in [0.25, 0.3) is 0 Å². The van der Waals surface area contributed by atoms with Crippen LogP contribution < -0.4 is 4.74 Å². The lowest BCUT2D eigenvalue weighted by Gasteiger charge is -2.37. The van der Waals surface area contributed by atoms with Gasteiger partial charge in [0.1, 0.15) is 17.1 Å².